The van der Waals surface area contributed by atoms with Crippen LogP contribution in [-0.2, 0) is 9.47 Å². The summed E-state index contributed by atoms with van der Waals surface area (Å²) in [6.45, 7) is 4.38. The van der Waals surface area contributed by atoms with Gasteiger partial charge in [0.25, 0.3) is 0 Å². The van der Waals surface area contributed by atoms with Crippen LogP contribution in [0.2, 0.25) is 0 Å². The molecule has 186 valence electrons. The van der Waals surface area contributed by atoms with Crippen molar-refractivity contribution in [2.75, 3.05) is 51.0 Å². The van der Waals surface area contributed by atoms with Crippen LogP contribution < -0.4 is 20.3 Å². The Balaban J connectivity index is 1.06. The number of hydrogen-bond acceptors (Lipinski definition) is 10. The van der Waals surface area contributed by atoms with Crippen molar-refractivity contribution in [3.05, 3.63) is 36.3 Å². The Morgan fingerprint density at radius 3 is 2.57 bits per heavy atom. The van der Waals surface area contributed by atoms with E-state index in [1.807, 2.05) is 6.20 Å². The molecule has 0 radical (unpaired) electrons. The molecule has 2 aromatic rings. The number of benzene rings is 1. The van der Waals surface area contributed by atoms with E-state index < -0.39 is 5.60 Å². The lowest BCUT2D eigenvalue weighted by atomic mass is 9.92. The lowest BCUT2D eigenvalue weighted by Crippen LogP contribution is -2.54. The average Bonchev–Trinajstić information content (AvgIpc) is 2.89. The Morgan fingerprint density at radius 2 is 1.86 bits per heavy atom. The van der Waals surface area contributed by atoms with Crippen LogP contribution >= 0.6 is 0 Å². The van der Waals surface area contributed by atoms with Gasteiger partial charge in [-0.15, -0.1) is 0 Å². The lowest BCUT2D eigenvalue weighted by molar-refractivity contribution is -0.154. The third kappa shape index (κ3) is 4.78. The zero-order chi connectivity index (χ0) is 23.7. The molecule has 0 unspecified atom stereocenters. The zero-order valence-electron chi connectivity index (χ0n) is 19.8. The van der Waals surface area contributed by atoms with E-state index in [1.54, 1.807) is 12.4 Å². The van der Waals surface area contributed by atoms with Crippen molar-refractivity contribution >= 4 is 22.7 Å². The molecule has 0 spiro atoms. The van der Waals surface area contributed by atoms with Gasteiger partial charge in [-0.25, -0.2) is 9.98 Å². The van der Waals surface area contributed by atoms with E-state index in [-0.39, 0.29) is 6.10 Å². The predicted octanol–water partition coefficient (Wildman–Crippen LogP) is 1.35. The van der Waals surface area contributed by atoms with Gasteiger partial charge in [0, 0.05) is 55.1 Å². The van der Waals surface area contributed by atoms with Crippen molar-refractivity contribution in [1.82, 2.24) is 20.6 Å². The highest BCUT2D eigenvalue weighted by molar-refractivity contribution is 5.85. The largest absolute Gasteiger partial charge is 0.488 e. The summed E-state index contributed by atoms with van der Waals surface area (Å²) in [5, 5.41) is 17.1. The molecular formula is C25H32N6O4. The summed E-state index contributed by atoms with van der Waals surface area (Å²) < 4.78 is 17.2. The second kappa shape index (κ2) is 9.60. The molecular weight excluding hydrogens is 448 g/mol. The van der Waals surface area contributed by atoms with Gasteiger partial charge in [-0.05, 0) is 31.7 Å². The molecule has 0 atom stereocenters. The van der Waals surface area contributed by atoms with Crippen molar-refractivity contribution in [2.45, 2.75) is 43.4 Å². The summed E-state index contributed by atoms with van der Waals surface area (Å²) >= 11 is 0. The number of anilines is 1. The summed E-state index contributed by atoms with van der Waals surface area (Å²) in [7, 11) is 0. The fourth-order valence-electron chi connectivity index (χ4n) is 5.08. The number of aliphatic hydroxyl groups is 1. The first kappa shape index (κ1) is 22.5. The normalized spacial score (nSPS) is 26.3. The van der Waals surface area contributed by atoms with Gasteiger partial charge in [-0.3, -0.25) is 4.98 Å². The maximum absolute atomic E-state index is 10.4. The van der Waals surface area contributed by atoms with Crippen LogP contribution in [-0.4, -0.2) is 84.8 Å². The maximum atomic E-state index is 10.4. The number of aliphatic imine (C=N–C) groups is 1. The molecule has 6 rings (SSSR count). The van der Waals surface area contributed by atoms with E-state index in [0.29, 0.717) is 25.8 Å². The molecule has 3 N–H and O–H groups in total. The smallest absolute Gasteiger partial charge is 0.195 e. The molecule has 10 heteroatoms. The van der Waals surface area contributed by atoms with Crippen molar-refractivity contribution < 1.29 is 19.3 Å². The number of nitrogens with zero attached hydrogens (tertiary/aromatic N) is 4. The van der Waals surface area contributed by atoms with Crippen LogP contribution in [0.15, 0.2) is 41.3 Å². The van der Waals surface area contributed by atoms with E-state index in [9.17, 15) is 5.11 Å². The van der Waals surface area contributed by atoms with Crippen LogP contribution in [0.5, 0.6) is 5.75 Å². The topological polar surface area (TPSA) is 113 Å². The minimum Gasteiger partial charge on any atom is -0.488 e. The second-order valence-electron chi connectivity index (χ2n) is 9.71. The maximum Gasteiger partial charge on any atom is 0.195 e. The van der Waals surface area contributed by atoms with E-state index in [1.165, 1.54) is 0 Å². The number of morpholine rings is 1. The first-order valence-electron chi connectivity index (χ1n) is 12.5. The molecule has 1 aromatic heterocycles. The number of ether oxygens (including phenoxy) is 3. The van der Waals surface area contributed by atoms with Gasteiger partial charge in [0.05, 0.1) is 44.6 Å². The number of rotatable bonds is 5. The molecule has 4 heterocycles. The van der Waals surface area contributed by atoms with Gasteiger partial charge < -0.3 is 34.9 Å². The molecule has 3 aliphatic heterocycles. The van der Waals surface area contributed by atoms with Gasteiger partial charge in [0.1, 0.15) is 16.9 Å². The summed E-state index contributed by atoms with van der Waals surface area (Å²) in [4.78, 5) is 16.0. The fraction of sp³-hybridized carbons (Fsp3) is 0.560. The first-order valence-corrected chi connectivity index (χ1v) is 12.5. The summed E-state index contributed by atoms with van der Waals surface area (Å²) in [5.74, 6) is 1.57. The average molecular weight is 481 g/mol. The van der Waals surface area contributed by atoms with Gasteiger partial charge >= 0.3 is 0 Å². The number of aromatic nitrogens is 2. The van der Waals surface area contributed by atoms with Crippen molar-refractivity contribution in [3.63, 3.8) is 0 Å². The van der Waals surface area contributed by atoms with Gasteiger partial charge in [-0.2, -0.15) is 0 Å². The van der Waals surface area contributed by atoms with Crippen molar-refractivity contribution in [2.24, 2.45) is 4.99 Å². The Labute approximate surface area is 204 Å². The van der Waals surface area contributed by atoms with Crippen LogP contribution in [0.3, 0.4) is 0 Å². The van der Waals surface area contributed by atoms with E-state index in [0.717, 1.165) is 86.0 Å². The number of nitrogens with one attached hydrogen (secondary N) is 2. The molecule has 0 amide bonds. The van der Waals surface area contributed by atoms with Gasteiger partial charge in [0.2, 0.25) is 0 Å². The Hall–Kier alpha value is -2.95. The number of fused-ring (bicyclic) bond motifs is 1. The Bertz CT molecular complexity index is 1120. The summed E-state index contributed by atoms with van der Waals surface area (Å²) in [6, 6.07) is 4.54. The van der Waals surface area contributed by atoms with Crippen LogP contribution in [0.4, 0.5) is 5.69 Å². The van der Waals surface area contributed by atoms with Crippen LogP contribution in [0.1, 0.15) is 25.7 Å². The number of guanidine groups is 1. The SMILES string of the molecule is OC1(C2=CNC(NC3CCC(Oc4cc(N5CCOCC5)cc5nccnc45)CC3)=NC2)COC1. The molecule has 1 aliphatic carbocycles. The third-order valence-electron chi connectivity index (χ3n) is 7.28. The number of hydrogen-bond donors (Lipinski definition) is 3. The zero-order valence-corrected chi connectivity index (χ0v) is 19.8. The fourth-order valence-corrected chi connectivity index (χ4v) is 5.08. The summed E-state index contributed by atoms with van der Waals surface area (Å²) in [5.41, 5.74) is 2.80. The first-order chi connectivity index (χ1) is 17.2. The Morgan fingerprint density at radius 1 is 1.06 bits per heavy atom. The highest BCUT2D eigenvalue weighted by Crippen LogP contribution is 2.33. The lowest BCUT2D eigenvalue weighted by Gasteiger charge is -2.39. The molecule has 4 aliphatic rings. The molecule has 3 fully saturated rings. The molecule has 1 saturated carbocycles. The second-order valence-corrected chi connectivity index (χ2v) is 9.71. The van der Waals surface area contributed by atoms with Gasteiger partial charge in [0.15, 0.2) is 5.96 Å². The standard InChI is InChI=1S/C25H32N6O4/c32-25(15-34-16-25)17-13-28-24(29-14-17)30-18-1-3-20(4-2-18)35-22-12-19(31-7-9-33-10-8-31)11-21-23(22)27-6-5-26-21/h5-6,11-13,18,20,32H,1-4,7-10,14-16H2,(H2,28,29,30). The molecule has 0 bridgehead atoms. The highest BCUT2D eigenvalue weighted by Gasteiger charge is 2.40. The predicted molar refractivity (Wildman–Crippen MR) is 132 cm³/mol. The minimum atomic E-state index is -0.856. The van der Waals surface area contributed by atoms with Crippen molar-refractivity contribution in [3.8, 4) is 5.75 Å². The van der Waals surface area contributed by atoms with Crippen molar-refractivity contribution in [1.29, 1.82) is 0 Å². The highest BCUT2D eigenvalue weighted by atomic mass is 16.5. The van der Waals surface area contributed by atoms with Crippen LogP contribution in [0, 0.1) is 0 Å². The van der Waals surface area contributed by atoms with E-state index >= 15 is 0 Å². The van der Waals surface area contributed by atoms with Crippen LogP contribution in [0.25, 0.3) is 11.0 Å². The van der Waals surface area contributed by atoms with E-state index in [4.69, 9.17) is 14.2 Å². The molecule has 10 nitrogen and oxygen atoms in total. The van der Waals surface area contributed by atoms with Gasteiger partial charge in [-0.1, -0.05) is 0 Å². The molecule has 1 aromatic carbocycles. The Kier molecular flexibility index (Phi) is 6.17. The minimum absolute atomic E-state index is 0.138. The molecule has 35 heavy (non-hydrogen) atoms. The quantitative estimate of drug-likeness (QED) is 0.584. The van der Waals surface area contributed by atoms with E-state index in [2.05, 4.69) is 42.6 Å². The molecule has 2 saturated heterocycles. The third-order valence-corrected chi connectivity index (χ3v) is 7.28. The monoisotopic (exact) mass is 480 g/mol. The summed E-state index contributed by atoms with van der Waals surface area (Å²) in [6.07, 6.45) is 9.34.